The summed E-state index contributed by atoms with van der Waals surface area (Å²) in [7, 11) is 1.53. The first kappa shape index (κ1) is 26.2. The summed E-state index contributed by atoms with van der Waals surface area (Å²) in [4.78, 5) is 37.7. The van der Waals surface area contributed by atoms with E-state index in [1.54, 1.807) is 48.5 Å². The Morgan fingerprint density at radius 3 is 2.12 bits per heavy atom. The first-order valence-electron chi connectivity index (χ1n) is 9.44. The summed E-state index contributed by atoms with van der Waals surface area (Å²) < 4.78 is 5.14. The average Bonchev–Trinajstić information content (AvgIpc) is 2.83. The van der Waals surface area contributed by atoms with Crippen molar-refractivity contribution >= 4 is 81.5 Å². The molecule has 0 heterocycles. The number of benzene rings is 3. The van der Waals surface area contributed by atoms with E-state index in [0.29, 0.717) is 17.0 Å². The van der Waals surface area contributed by atoms with Crippen LogP contribution in [0.25, 0.3) is 0 Å². The Morgan fingerprint density at radius 1 is 0.912 bits per heavy atom. The molecule has 0 aliphatic heterocycles. The Morgan fingerprint density at radius 2 is 1.53 bits per heavy atom. The van der Waals surface area contributed by atoms with Gasteiger partial charge in [0, 0.05) is 16.1 Å². The minimum absolute atomic E-state index is 0.0615. The number of hydrogen-bond donors (Lipinski definition) is 2. The van der Waals surface area contributed by atoms with Gasteiger partial charge in [-0.2, -0.15) is 0 Å². The maximum absolute atomic E-state index is 12.8. The van der Waals surface area contributed by atoms with Gasteiger partial charge < -0.3 is 15.2 Å². The Kier molecular flexibility index (Phi) is 8.73. The van der Waals surface area contributed by atoms with E-state index in [1.807, 2.05) is 0 Å². The van der Waals surface area contributed by atoms with Crippen molar-refractivity contribution in [3.05, 3.63) is 85.3 Å². The molecule has 3 rings (SSSR count). The van der Waals surface area contributed by atoms with Gasteiger partial charge in [-0.1, -0.05) is 58.5 Å². The number of carboxylic acids is 1. The van der Waals surface area contributed by atoms with Crippen LogP contribution in [0.2, 0.25) is 20.1 Å². The topological polar surface area (TPSA) is 92.7 Å². The van der Waals surface area contributed by atoms with E-state index in [1.165, 1.54) is 18.9 Å². The number of halogens is 4. The van der Waals surface area contributed by atoms with E-state index >= 15 is 0 Å². The van der Waals surface area contributed by atoms with Crippen molar-refractivity contribution in [2.75, 3.05) is 18.2 Å². The highest BCUT2D eigenvalue weighted by Gasteiger charge is 2.28. The number of anilines is 1. The molecular formula is C23H15Cl4NO5S. The van der Waals surface area contributed by atoms with E-state index in [-0.39, 0.29) is 31.6 Å². The number of carbonyl (C=O) groups is 3. The van der Waals surface area contributed by atoms with Gasteiger partial charge >= 0.3 is 5.97 Å². The summed E-state index contributed by atoms with van der Waals surface area (Å²) >= 11 is 25.3. The molecule has 3 aromatic carbocycles. The van der Waals surface area contributed by atoms with Crippen molar-refractivity contribution in [1.29, 1.82) is 0 Å². The summed E-state index contributed by atoms with van der Waals surface area (Å²) in [6, 6.07) is 13.5. The van der Waals surface area contributed by atoms with Crippen LogP contribution >= 0.6 is 58.2 Å². The van der Waals surface area contributed by atoms with Crippen LogP contribution in [0.15, 0.2) is 53.4 Å². The molecular weight excluding hydrogens is 544 g/mol. The molecule has 0 spiro atoms. The third kappa shape index (κ3) is 5.79. The first-order chi connectivity index (χ1) is 16.1. The van der Waals surface area contributed by atoms with Gasteiger partial charge in [0.2, 0.25) is 0 Å². The molecule has 11 heteroatoms. The van der Waals surface area contributed by atoms with Gasteiger partial charge in [-0.3, -0.25) is 9.59 Å². The zero-order chi connectivity index (χ0) is 25.0. The molecule has 0 unspecified atom stereocenters. The second kappa shape index (κ2) is 11.3. The molecule has 0 saturated carbocycles. The summed E-state index contributed by atoms with van der Waals surface area (Å²) in [5.74, 6) is -1.56. The predicted octanol–water partition coefficient (Wildman–Crippen LogP) is 7.23. The summed E-state index contributed by atoms with van der Waals surface area (Å²) in [6.45, 7) is 0. The van der Waals surface area contributed by atoms with Gasteiger partial charge in [-0.15, -0.1) is 11.8 Å². The Bertz CT molecular complexity index is 1280. The van der Waals surface area contributed by atoms with Crippen molar-refractivity contribution in [3.63, 3.8) is 0 Å². The number of methoxy groups -OCH3 is 1. The number of carbonyl (C=O) groups excluding carboxylic acids is 2. The monoisotopic (exact) mass is 557 g/mol. The fourth-order valence-corrected chi connectivity index (χ4v) is 4.71. The van der Waals surface area contributed by atoms with Crippen LogP contribution in [-0.2, 0) is 0 Å². The molecule has 0 aromatic heterocycles. The predicted molar refractivity (Wildman–Crippen MR) is 136 cm³/mol. The molecule has 0 atom stereocenters. The number of ether oxygens (including phenoxy) is 1. The molecule has 176 valence electrons. The van der Waals surface area contributed by atoms with E-state index in [2.05, 4.69) is 5.32 Å². The second-order valence-corrected chi connectivity index (χ2v) is 9.29. The number of hydrogen-bond acceptors (Lipinski definition) is 5. The van der Waals surface area contributed by atoms with E-state index in [0.717, 1.165) is 4.90 Å². The minimum atomic E-state index is -1.48. The fraction of sp³-hybridized carbons (Fsp3) is 0.0870. The highest BCUT2D eigenvalue weighted by atomic mass is 35.5. The molecule has 1 amide bonds. The lowest BCUT2D eigenvalue weighted by Crippen LogP contribution is -2.18. The SMILES string of the molecule is COc1cccc(C(=O)CSc2ccc(NC(=O)c3c(Cl)c(Cl)c(Cl)c(Cl)c3C(=O)O)cc2)c1. The average molecular weight is 559 g/mol. The van der Waals surface area contributed by atoms with E-state index in [4.69, 9.17) is 51.1 Å². The number of ketones is 1. The molecule has 0 aliphatic rings. The quantitative estimate of drug-likeness (QED) is 0.131. The van der Waals surface area contributed by atoms with Gasteiger partial charge in [0.05, 0.1) is 44.1 Å². The molecule has 0 bridgehead atoms. The number of rotatable bonds is 8. The number of amides is 1. The second-order valence-electron chi connectivity index (χ2n) is 6.73. The van der Waals surface area contributed by atoms with Crippen molar-refractivity contribution in [2.24, 2.45) is 0 Å². The number of thioether (sulfide) groups is 1. The number of carboxylic acid groups (broad SMARTS) is 1. The van der Waals surface area contributed by atoms with Gasteiger partial charge in [0.15, 0.2) is 5.78 Å². The van der Waals surface area contributed by atoms with Crippen molar-refractivity contribution < 1.29 is 24.2 Å². The van der Waals surface area contributed by atoms with Crippen LogP contribution < -0.4 is 10.1 Å². The summed E-state index contributed by atoms with van der Waals surface area (Å²) in [6.07, 6.45) is 0. The minimum Gasteiger partial charge on any atom is -0.497 e. The molecule has 2 N–H and O–H groups in total. The first-order valence-corrected chi connectivity index (χ1v) is 11.9. The maximum Gasteiger partial charge on any atom is 0.338 e. The molecule has 3 aromatic rings. The third-order valence-corrected chi connectivity index (χ3v) is 7.40. The number of nitrogens with one attached hydrogen (secondary N) is 1. The molecule has 34 heavy (non-hydrogen) atoms. The third-order valence-electron chi connectivity index (χ3n) is 4.58. The van der Waals surface area contributed by atoms with Crippen LogP contribution in [0.1, 0.15) is 31.1 Å². The summed E-state index contributed by atoms with van der Waals surface area (Å²) in [5, 5.41) is 10.9. The zero-order valence-electron chi connectivity index (χ0n) is 17.3. The summed E-state index contributed by atoms with van der Waals surface area (Å²) in [5.41, 5.74) is -0.0529. The lowest BCUT2D eigenvalue weighted by molar-refractivity contribution is 0.0692. The van der Waals surface area contributed by atoms with Crippen LogP contribution in [0, 0.1) is 0 Å². The van der Waals surface area contributed by atoms with Crippen molar-refractivity contribution in [1.82, 2.24) is 0 Å². The lowest BCUT2D eigenvalue weighted by Gasteiger charge is -2.14. The maximum atomic E-state index is 12.8. The molecule has 0 radical (unpaired) electrons. The van der Waals surface area contributed by atoms with Crippen LogP contribution in [-0.4, -0.2) is 35.6 Å². The number of aromatic carboxylic acids is 1. The molecule has 0 aliphatic carbocycles. The highest BCUT2D eigenvalue weighted by molar-refractivity contribution is 8.00. The van der Waals surface area contributed by atoms with Gasteiger partial charge in [0.25, 0.3) is 5.91 Å². The fourth-order valence-electron chi connectivity index (χ4n) is 2.90. The Balaban J connectivity index is 1.72. The number of Topliss-reactive ketones (excluding diaryl/α,β-unsaturated/α-hetero) is 1. The molecule has 0 fully saturated rings. The van der Waals surface area contributed by atoms with Gasteiger partial charge in [-0.05, 0) is 36.4 Å². The van der Waals surface area contributed by atoms with Crippen LogP contribution in [0.4, 0.5) is 5.69 Å². The van der Waals surface area contributed by atoms with E-state index in [9.17, 15) is 19.5 Å². The van der Waals surface area contributed by atoms with Gasteiger partial charge in [0.1, 0.15) is 5.75 Å². The highest BCUT2D eigenvalue weighted by Crippen LogP contribution is 2.41. The van der Waals surface area contributed by atoms with Crippen LogP contribution in [0.5, 0.6) is 5.75 Å². The molecule has 0 saturated heterocycles. The van der Waals surface area contributed by atoms with E-state index < -0.39 is 23.0 Å². The van der Waals surface area contributed by atoms with Gasteiger partial charge in [-0.25, -0.2) is 4.79 Å². The zero-order valence-corrected chi connectivity index (χ0v) is 21.2. The van der Waals surface area contributed by atoms with Crippen molar-refractivity contribution in [3.8, 4) is 5.75 Å². The standard InChI is InChI=1S/C23H15Cl4NO5S/c1-33-13-4-2-3-11(9-13)15(29)10-34-14-7-5-12(6-8-14)28-22(30)16-17(23(31)32)19(25)21(27)20(26)18(16)24/h2-9H,10H2,1H3,(H,28,30)(H,31,32). The normalized spacial score (nSPS) is 10.6. The Hall–Kier alpha value is -2.42. The largest absolute Gasteiger partial charge is 0.497 e. The Labute approximate surface area is 219 Å². The smallest absolute Gasteiger partial charge is 0.338 e. The van der Waals surface area contributed by atoms with Crippen LogP contribution in [0.3, 0.4) is 0 Å². The molecule has 6 nitrogen and oxygen atoms in total. The lowest BCUT2D eigenvalue weighted by atomic mass is 10.1. The van der Waals surface area contributed by atoms with Crippen molar-refractivity contribution in [2.45, 2.75) is 4.90 Å².